The van der Waals surface area contributed by atoms with Crippen molar-refractivity contribution in [2.75, 3.05) is 31.6 Å². The van der Waals surface area contributed by atoms with Crippen molar-refractivity contribution in [3.63, 3.8) is 0 Å². The maximum atomic E-state index is 11.5. The number of anilines is 1. The fourth-order valence-electron chi connectivity index (χ4n) is 2.85. The van der Waals surface area contributed by atoms with Gasteiger partial charge in [-0.05, 0) is 29.3 Å². The second-order valence-electron chi connectivity index (χ2n) is 5.85. The summed E-state index contributed by atoms with van der Waals surface area (Å²) in [5.41, 5.74) is 2.79. The maximum absolute atomic E-state index is 11.5. The van der Waals surface area contributed by atoms with Crippen LogP contribution in [0.5, 0.6) is 5.75 Å². The van der Waals surface area contributed by atoms with Crippen LogP contribution < -0.4 is 15.4 Å². The molecule has 1 aliphatic rings. The molecule has 1 unspecified atom stereocenters. The van der Waals surface area contributed by atoms with Crippen molar-refractivity contribution < 1.29 is 14.6 Å². The summed E-state index contributed by atoms with van der Waals surface area (Å²) in [4.78, 5) is 11.5. The first-order valence-electron chi connectivity index (χ1n) is 8.21. The van der Waals surface area contributed by atoms with Gasteiger partial charge in [-0.25, -0.2) is 0 Å². The van der Waals surface area contributed by atoms with Gasteiger partial charge in [-0.3, -0.25) is 4.79 Å². The minimum atomic E-state index is -0.194. The van der Waals surface area contributed by atoms with Gasteiger partial charge in [0.15, 0.2) is 6.61 Å². The van der Waals surface area contributed by atoms with Crippen molar-refractivity contribution in [2.45, 2.75) is 5.92 Å². The third-order valence-corrected chi connectivity index (χ3v) is 4.11. The van der Waals surface area contributed by atoms with Crippen LogP contribution in [0.2, 0.25) is 0 Å². The molecule has 1 heterocycles. The summed E-state index contributed by atoms with van der Waals surface area (Å²) >= 11 is 0. The summed E-state index contributed by atoms with van der Waals surface area (Å²) in [6.07, 6.45) is 0. The molecule has 3 rings (SSSR count). The molecule has 0 aromatic heterocycles. The van der Waals surface area contributed by atoms with E-state index in [1.54, 1.807) is 12.1 Å². The molecule has 0 radical (unpaired) electrons. The zero-order chi connectivity index (χ0) is 17.6. The molecule has 0 saturated carbocycles. The van der Waals surface area contributed by atoms with E-state index in [-0.39, 0.29) is 25.0 Å². The second-order valence-corrected chi connectivity index (χ2v) is 5.85. The summed E-state index contributed by atoms with van der Waals surface area (Å²) in [5, 5.41) is 23.6. The molecule has 2 aromatic carbocycles. The van der Waals surface area contributed by atoms with Gasteiger partial charge in [-0.15, -0.1) is 0 Å². The van der Waals surface area contributed by atoms with Gasteiger partial charge in [-0.1, -0.05) is 30.3 Å². The van der Waals surface area contributed by atoms with Crippen LogP contribution in [-0.4, -0.2) is 43.0 Å². The Kier molecular flexibility index (Phi) is 5.42. The lowest BCUT2D eigenvalue weighted by Gasteiger charge is -2.22. The standard InChI is InChI=1S/C19H21N3O3/c20-19(14-6-7-17-16(10-14)22-18(24)12-25-17)15(11-21-8-9-23)13-4-2-1-3-5-13/h1-7,10,15,20-21,23H,8-9,11-12H2,(H,22,24). The first kappa shape index (κ1) is 17.1. The number of ether oxygens (including phenoxy) is 1. The van der Waals surface area contributed by atoms with E-state index < -0.39 is 0 Å². The molecule has 1 atom stereocenters. The second kappa shape index (κ2) is 7.92. The Labute approximate surface area is 146 Å². The number of amides is 1. The minimum absolute atomic E-state index is 0.0154. The van der Waals surface area contributed by atoms with Crippen LogP contribution in [0.25, 0.3) is 0 Å². The predicted molar refractivity (Wildman–Crippen MR) is 96.5 cm³/mol. The third kappa shape index (κ3) is 4.04. The first-order chi connectivity index (χ1) is 12.2. The van der Waals surface area contributed by atoms with E-state index in [1.807, 2.05) is 36.4 Å². The Hall–Kier alpha value is -2.70. The van der Waals surface area contributed by atoms with Gasteiger partial charge in [0.05, 0.1) is 12.3 Å². The molecule has 0 spiro atoms. The van der Waals surface area contributed by atoms with E-state index in [0.29, 0.717) is 30.2 Å². The van der Waals surface area contributed by atoms with Gasteiger partial charge < -0.3 is 25.9 Å². The molecule has 0 saturated heterocycles. The Morgan fingerprint density at radius 3 is 2.84 bits per heavy atom. The van der Waals surface area contributed by atoms with Gasteiger partial charge >= 0.3 is 0 Å². The monoisotopic (exact) mass is 339 g/mol. The molecule has 4 N–H and O–H groups in total. The van der Waals surface area contributed by atoms with E-state index in [0.717, 1.165) is 11.1 Å². The number of carbonyl (C=O) groups excluding carboxylic acids is 1. The lowest BCUT2D eigenvalue weighted by Crippen LogP contribution is -2.29. The van der Waals surface area contributed by atoms with E-state index in [4.69, 9.17) is 15.3 Å². The van der Waals surface area contributed by atoms with Gasteiger partial charge in [0, 0.05) is 24.7 Å². The van der Waals surface area contributed by atoms with Crippen molar-refractivity contribution in [2.24, 2.45) is 0 Å². The van der Waals surface area contributed by atoms with Crippen molar-refractivity contribution in [1.82, 2.24) is 5.32 Å². The molecule has 6 heteroatoms. The Bertz CT molecular complexity index is 762. The average Bonchev–Trinajstić information content (AvgIpc) is 2.65. The predicted octanol–water partition coefficient (Wildman–Crippen LogP) is 1.75. The van der Waals surface area contributed by atoms with E-state index in [1.165, 1.54) is 0 Å². The highest BCUT2D eigenvalue weighted by atomic mass is 16.5. The number of carbonyl (C=O) groups is 1. The van der Waals surface area contributed by atoms with Gasteiger partial charge in [-0.2, -0.15) is 0 Å². The highest BCUT2D eigenvalue weighted by Gasteiger charge is 2.21. The molecular formula is C19H21N3O3. The molecule has 0 bridgehead atoms. The van der Waals surface area contributed by atoms with Crippen LogP contribution in [-0.2, 0) is 4.79 Å². The molecule has 130 valence electrons. The lowest BCUT2D eigenvalue weighted by molar-refractivity contribution is -0.118. The summed E-state index contributed by atoms with van der Waals surface area (Å²) in [5.74, 6) is 0.261. The van der Waals surface area contributed by atoms with Crippen LogP contribution in [0.1, 0.15) is 17.0 Å². The van der Waals surface area contributed by atoms with E-state index in [9.17, 15) is 4.79 Å². The highest BCUT2D eigenvalue weighted by Crippen LogP contribution is 2.30. The molecule has 25 heavy (non-hydrogen) atoms. The van der Waals surface area contributed by atoms with Crippen molar-refractivity contribution in [3.05, 3.63) is 59.7 Å². The fourth-order valence-corrected chi connectivity index (χ4v) is 2.85. The molecule has 1 aliphatic heterocycles. The van der Waals surface area contributed by atoms with Gasteiger partial charge in [0.1, 0.15) is 5.75 Å². The molecule has 6 nitrogen and oxygen atoms in total. The Morgan fingerprint density at radius 2 is 2.08 bits per heavy atom. The number of hydrogen-bond acceptors (Lipinski definition) is 5. The van der Waals surface area contributed by atoms with Crippen LogP contribution in [0.15, 0.2) is 48.5 Å². The molecule has 2 aromatic rings. The summed E-state index contributed by atoms with van der Waals surface area (Å²) in [7, 11) is 0. The molecule has 0 aliphatic carbocycles. The van der Waals surface area contributed by atoms with Crippen molar-refractivity contribution in [3.8, 4) is 5.75 Å². The topological polar surface area (TPSA) is 94.4 Å². The fraction of sp³-hybridized carbons (Fsp3) is 0.263. The zero-order valence-electron chi connectivity index (χ0n) is 13.8. The average molecular weight is 339 g/mol. The molecular weight excluding hydrogens is 318 g/mol. The minimum Gasteiger partial charge on any atom is -0.482 e. The SMILES string of the molecule is N=C(c1ccc2c(c1)NC(=O)CO2)C(CNCCO)c1ccccc1. The number of rotatable bonds is 7. The van der Waals surface area contributed by atoms with Crippen LogP contribution >= 0.6 is 0 Å². The van der Waals surface area contributed by atoms with Gasteiger partial charge in [0.2, 0.25) is 0 Å². The highest BCUT2D eigenvalue weighted by molar-refractivity contribution is 6.05. The van der Waals surface area contributed by atoms with Crippen LogP contribution in [0.4, 0.5) is 5.69 Å². The van der Waals surface area contributed by atoms with E-state index >= 15 is 0 Å². The third-order valence-electron chi connectivity index (χ3n) is 4.11. The number of nitrogens with one attached hydrogen (secondary N) is 3. The van der Waals surface area contributed by atoms with E-state index in [2.05, 4.69) is 10.6 Å². The zero-order valence-corrected chi connectivity index (χ0v) is 13.8. The Balaban J connectivity index is 1.86. The quantitative estimate of drug-likeness (QED) is 0.457. The smallest absolute Gasteiger partial charge is 0.262 e. The van der Waals surface area contributed by atoms with Crippen LogP contribution in [0.3, 0.4) is 0 Å². The largest absolute Gasteiger partial charge is 0.482 e. The number of benzene rings is 2. The molecule has 0 fully saturated rings. The first-order valence-corrected chi connectivity index (χ1v) is 8.21. The summed E-state index contributed by atoms with van der Waals surface area (Å²) in [6, 6.07) is 15.2. The summed E-state index contributed by atoms with van der Waals surface area (Å²) in [6.45, 7) is 1.09. The normalized spacial score (nSPS) is 14.2. The number of hydrogen-bond donors (Lipinski definition) is 4. The maximum Gasteiger partial charge on any atom is 0.262 e. The van der Waals surface area contributed by atoms with Crippen LogP contribution in [0, 0.1) is 5.41 Å². The van der Waals surface area contributed by atoms with Crippen molar-refractivity contribution >= 4 is 17.3 Å². The lowest BCUT2D eigenvalue weighted by atomic mass is 9.89. The number of fused-ring (bicyclic) bond motifs is 1. The number of aliphatic hydroxyl groups excluding tert-OH is 1. The number of aliphatic hydroxyl groups is 1. The van der Waals surface area contributed by atoms with Gasteiger partial charge in [0.25, 0.3) is 5.91 Å². The molecule has 1 amide bonds. The Morgan fingerprint density at radius 1 is 1.28 bits per heavy atom. The van der Waals surface area contributed by atoms with Crippen molar-refractivity contribution in [1.29, 1.82) is 5.41 Å². The summed E-state index contributed by atoms with van der Waals surface area (Å²) < 4.78 is 5.37.